The zero-order valence-electron chi connectivity index (χ0n) is 19.4. The van der Waals surface area contributed by atoms with Crippen LogP contribution in [0.5, 0.6) is 5.75 Å². The summed E-state index contributed by atoms with van der Waals surface area (Å²) in [4.78, 5) is 28.4. The molecule has 0 aliphatic carbocycles. The number of nitrogens with one attached hydrogen (secondary N) is 1. The van der Waals surface area contributed by atoms with Gasteiger partial charge in [-0.15, -0.1) is 5.11 Å². The van der Waals surface area contributed by atoms with Gasteiger partial charge in [0.05, 0.1) is 21.6 Å². The standard InChI is InChI=1S/C18H16N3O11PS2.2Na/c1-9(22)19-14-8-13(34(27,28)29)5-10-6-15(35(30,31)32)17(18(23)16(10)14)21-20-11-3-2-4-12(7-11)33(24,25)26;;/h2-8,23H,1H3,(H,19,22)(H2,24,25,26)(H,27,28,29)(H,30,31,32);;. The van der Waals surface area contributed by atoms with Crippen LogP contribution in [0.1, 0.15) is 6.92 Å². The number of rotatable bonds is 6. The zero-order valence-corrected chi connectivity index (χ0v) is 25.9. The Kier molecular flexibility index (Phi) is 11.2. The summed E-state index contributed by atoms with van der Waals surface area (Å²) in [5.74, 6) is -1.66. The van der Waals surface area contributed by atoms with Crippen molar-refractivity contribution in [1.29, 1.82) is 0 Å². The molecule has 37 heavy (non-hydrogen) atoms. The van der Waals surface area contributed by atoms with Gasteiger partial charge in [-0.2, -0.15) is 21.9 Å². The van der Waals surface area contributed by atoms with Gasteiger partial charge in [-0.1, -0.05) is 6.07 Å². The molecule has 0 aliphatic heterocycles. The molecule has 0 saturated carbocycles. The molecule has 6 N–H and O–H groups in total. The van der Waals surface area contributed by atoms with E-state index in [1.807, 2.05) is 0 Å². The van der Waals surface area contributed by atoms with Gasteiger partial charge in [-0.05, 0) is 41.8 Å². The molecule has 3 rings (SSSR count). The molecule has 0 heterocycles. The molecule has 0 aliphatic rings. The number of benzene rings is 3. The van der Waals surface area contributed by atoms with Crippen molar-refractivity contribution in [3.05, 3.63) is 42.5 Å². The first-order valence-corrected chi connectivity index (χ1v) is 13.6. The van der Waals surface area contributed by atoms with Gasteiger partial charge < -0.3 is 20.2 Å². The van der Waals surface area contributed by atoms with Gasteiger partial charge in [0.2, 0.25) is 5.91 Å². The minimum atomic E-state index is -5.11. The third-order valence-electron chi connectivity index (χ3n) is 4.44. The number of fused-ring (bicyclic) bond motifs is 1. The maximum absolute atomic E-state index is 12.0. The second-order valence-corrected chi connectivity index (χ2v) is 11.5. The molecule has 188 valence electrons. The first-order chi connectivity index (χ1) is 16.0. The van der Waals surface area contributed by atoms with Crippen LogP contribution in [0.4, 0.5) is 17.1 Å². The molecule has 3 aromatic carbocycles. The topological polar surface area (TPSA) is 240 Å². The number of azo groups is 1. The Morgan fingerprint density at radius 2 is 1.57 bits per heavy atom. The number of aromatic hydroxyl groups is 1. The van der Waals surface area contributed by atoms with E-state index in [1.165, 1.54) is 12.1 Å². The summed E-state index contributed by atoms with van der Waals surface area (Å²) in [6.45, 7) is 1.06. The molecule has 2 radical (unpaired) electrons. The maximum atomic E-state index is 12.0. The van der Waals surface area contributed by atoms with E-state index in [4.69, 9.17) is 0 Å². The number of nitrogens with zero attached hydrogens (tertiary/aromatic N) is 2. The average molecular weight is 591 g/mol. The number of hydrogen-bond acceptors (Lipinski definition) is 9. The third-order valence-corrected chi connectivity index (χ3v) is 7.09. The molecular formula is C18H16N3Na2O11PS2. The first-order valence-electron chi connectivity index (χ1n) is 9.12. The van der Waals surface area contributed by atoms with Crippen molar-refractivity contribution in [3.8, 4) is 5.75 Å². The van der Waals surface area contributed by atoms with E-state index in [9.17, 15) is 50.2 Å². The van der Waals surface area contributed by atoms with Crippen LogP contribution in [-0.4, -0.2) is 106 Å². The Balaban J connectivity index is 0.00000342. The summed E-state index contributed by atoms with van der Waals surface area (Å²) in [5.41, 5.74) is -1.33. The Morgan fingerprint density at radius 3 is 2.08 bits per heavy atom. The van der Waals surface area contributed by atoms with Crippen molar-refractivity contribution < 1.29 is 50.2 Å². The van der Waals surface area contributed by atoms with Crippen molar-refractivity contribution >= 4 is 126 Å². The number of phenols is 1. The SMILES string of the molecule is CC(=O)Nc1cc(S(=O)(=O)O)cc2cc(S(=O)(=O)O)c(N=Nc3cccc(P(=O)(O)O)c3)c(O)c12.[Na].[Na]. The molecule has 14 nitrogen and oxygen atoms in total. The van der Waals surface area contributed by atoms with Crippen LogP contribution >= 0.6 is 7.60 Å². The fraction of sp³-hybridized carbons (Fsp3) is 0.0556. The van der Waals surface area contributed by atoms with Crippen LogP contribution in [0.3, 0.4) is 0 Å². The number of anilines is 1. The second-order valence-electron chi connectivity index (χ2n) is 7.04. The first kappa shape index (κ1) is 33.8. The van der Waals surface area contributed by atoms with Crippen LogP contribution in [0.15, 0.2) is 62.5 Å². The zero-order chi connectivity index (χ0) is 26.3. The molecule has 0 saturated heterocycles. The minimum absolute atomic E-state index is 0. The molecule has 19 heteroatoms. The summed E-state index contributed by atoms with van der Waals surface area (Å²) in [5, 5.41) is 19.3. The minimum Gasteiger partial charge on any atom is -0.505 e. The second kappa shape index (κ2) is 12.3. The van der Waals surface area contributed by atoms with Gasteiger partial charge in [0.1, 0.15) is 10.6 Å². The van der Waals surface area contributed by atoms with Gasteiger partial charge in [0.25, 0.3) is 20.2 Å². The molecular weight excluding hydrogens is 575 g/mol. The molecule has 0 aromatic heterocycles. The smallest absolute Gasteiger partial charge is 0.356 e. The van der Waals surface area contributed by atoms with Crippen molar-refractivity contribution in [2.24, 2.45) is 10.2 Å². The largest absolute Gasteiger partial charge is 0.505 e. The van der Waals surface area contributed by atoms with Crippen molar-refractivity contribution in [2.75, 3.05) is 5.32 Å². The fourth-order valence-corrected chi connectivity index (χ4v) is 4.82. The predicted molar refractivity (Wildman–Crippen MR) is 133 cm³/mol. The van der Waals surface area contributed by atoms with Crippen LogP contribution < -0.4 is 10.6 Å². The summed E-state index contributed by atoms with van der Waals surface area (Å²) < 4.78 is 77.7. The van der Waals surface area contributed by atoms with E-state index in [1.54, 1.807) is 0 Å². The number of carbonyl (C=O) groups is 1. The summed E-state index contributed by atoms with van der Waals surface area (Å²) >= 11 is 0. The Hall–Kier alpha value is -1.24. The number of amides is 1. The van der Waals surface area contributed by atoms with E-state index in [0.29, 0.717) is 0 Å². The average Bonchev–Trinajstić information content (AvgIpc) is 2.70. The Morgan fingerprint density at radius 1 is 0.946 bits per heavy atom. The van der Waals surface area contributed by atoms with E-state index >= 15 is 0 Å². The van der Waals surface area contributed by atoms with Crippen LogP contribution in [-0.2, 0) is 29.6 Å². The van der Waals surface area contributed by atoms with Gasteiger partial charge in [0.15, 0.2) is 5.75 Å². The third kappa shape index (κ3) is 8.12. The number of hydrogen-bond donors (Lipinski definition) is 6. The van der Waals surface area contributed by atoms with Crippen molar-refractivity contribution in [2.45, 2.75) is 16.7 Å². The van der Waals surface area contributed by atoms with Crippen molar-refractivity contribution in [1.82, 2.24) is 0 Å². The molecule has 1 amide bonds. The molecule has 0 spiro atoms. The Labute approximate surface area is 254 Å². The van der Waals surface area contributed by atoms with E-state index in [-0.39, 0.29) is 81.3 Å². The van der Waals surface area contributed by atoms with Gasteiger partial charge >= 0.3 is 7.60 Å². The molecule has 0 unspecified atom stereocenters. The van der Waals surface area contributed by atoms with E-state index in [2.05, 4.69) is 15.5 Å². The van der Waals surface area contributed by atoms with Gasteiger partial charge in [-0.25, -0.2) is 0 Å². The number of phenolic OH excluding ortho intramolecular Hbond substituents is 1. The monoisotopic (exact) mass is 591 g/mol. The summed E-state index contributed by atoms with van der Waals surface area (Å²) in [6, 6.07) is 6.88. The summed E-state index contributed by atoms with van der Waals surface area (Å²) in [7, 11) is -14.6. The maximum Gasteiger partial charge on any atom is 0.356 e. The number of carbonyl (C=O) groups excluding carboxylic acids is 1. The molecule has 0 fully saturated rings. The Bertz CT molecular complexity index is 1670. The van der Waals surface area contributed by atoms with E-state index < -0.39 is 60.3 Å². The normalized spacial score (nSPS) is 12.1. The van der Waals surface area contributed by atoms with Crippen LogP contribution in [0.25, 0.3) is 10.8 Å². The van der Waals surface area contributed by atoms with Crippen LogP contribution in [0.2, 0.25) is 0 Å². The van der Waals surface area contributed by atoms with Gasteiger partial charge in [-0.3, -0.25) is 18.5 Å². The van der Waals surface area contributed by atoms with Crippen LogP contribution in [0, 0.1) is 0 Å². The molecule has 0 atom stereocenters. The van der Waals surface area contributed by atoms with E-state index in [0.717, 1.165) is 37.3 Å². The van der Waals surface area contributed by atoms with Gasteiger partial charge in [0, 0.05) is 71.4 Å². The molecule has 0 bridgehead atoms. The fourth-order valence-electron chi connectivity index (χ4n) is 3.03. The molecule has 3 aromatic rings. The summed E-state index contributed by atoms with van der Waals surface area (Å²) in [6.07, 6.45) is 0. The predicted octanol–water partition coefficient (Wildman–Crippen LogP) is 1.45. The van der Waals surface area contributed by atoms with Crippen molar-refractivity contribution in [3.63, 3.8) is 0 Å². The quantitative estimate of drug-likeness (QED) is 0.104.